The Morgan fingerprint density at radius 2 is 2.00 bits per heavy atom. The molecule has 2 N–H and O–H groups in total. The zero-order valence-corrected chi connectivity index (χ0v) is 13.2. The molecule has 1 aromatic heterocycles. The summed E-state index contributed by atoms with van der Waals surface area (Å²) in [6, 6.07) is 9.59. The van der Waals surface area contributed by atoms with E-state index in [9.17, 15) is 9.59 Å². The number of thiazole rings is 1. The zero-order chi connectivity index (χ0) is 15.8. The minimum absolute atomic E-state index is 0.0215. The van der Waals surface area contributed by atoms with E-state index in [2.05, 4.69) is 15.6 Å². The molecular weight excluding hydrogens is 298 g/mol. The number of carbonyl (C=O) groups excluding carboxylic acids is 2. The lowest BCUT2D eigenvalue weighted by Crippen LogP contribution is -2.38. The van der Waals surface area contributed by atoms with Crippen LogP contribution in [0.2, 0.25) is 0 Å². The fraction of sp³-hybridized carbons (Fsp3) is 0.312. The highest BCUT2D eigenvalue weighted by Crippen LogP contribution is 2.18. The average molecular weight is 317 g/mol. The molecule has 0 bridgehead atoms. The molecule has 1 atom stereocenters. The van der Waals surface area contributed by atoms with Crippen LogP contribution in [0.5, 0.6) is 0 Å². The molecule has 2 aromatic rings. The number of hydrogen-bond acceptors (Lipinski definition) is 4. The Bertz CT molecular complexity index is 599. The van der Waals surface area contributed by atoms with E-state index in [0.29, 0.717) is 13.0 Å². The smallest absolute Gasteiger partial charge is 0.239 e. The molecular formula is C16H19N3O2S. The fourth-order valence-corrected chi connectivity index (χ4v) is 2.68. The molecule has 0 spiro atoms. The molecule has 0 fully saturated rings. The van der Waals surface area contributed by atoms with Gasteiger partial charge in [0.1, 0.15) is 0 Å². The van der Waals surface area contributed by atoms with Gasteiger partial charge in [0.2, 0.25) is 11.8 Å². The van der Waals surface area contributed by atoms with Crippen molar-refractivity contribution in [1.82, 2.24) is 15.6 Å². The number of carbonyl (C=O) groups is 2. The second-order valence-corrected chi connectivity index (χ2v) is 5.56. The Balaban J connectivity index is 1.79. The van der Waals surface area contributed by atoms with Gasteiger partial charge in [0.15, 0.2) is 0 Å². The normalized spacial score (nSPS) is 11.7. The summed E-state index contributed by atoms with van der Waals surface area (Å²) in [4.78, 5) is 28.0. The summed E-state index contributed by atoms with van der Waals surface area (Å²) in [6.45, 7) is 2.32. The highest BCUT2D eigenvalue weighted by atomic mass is 32.1. The van der Waals surface area contributed by atoms with Crippen molar-refractivity contribution in [2.75, 3.05) is 6.54 Å². The summed E-state index contributed by atoms with van der Waals surface area (Å²) in [5.74, 6) is -0.575. The fourth-order valence-electron chi connectivity index (χ4n) is 2.12. The molecule has 22 heavy (non-hydrogen) atoms. The first-order valence-electron chi connectivity index (χ1n) is 7.17. The molecule has 0 saturated heterocycles. The van der Waals surface area contributed by atoms with Crippen molar-refractivity contribution in [3.63, 3.8) is 0 Å². The van der Waals surface area contributed by atoms with Gasteiger partial charge in [-0.2, -0.15) is 0 Å². The predicted octanol–water partition coefficient (Wildman–Crippen LogP) is 2.07. The van der Waals surface area contributed by atoms with Crippen molar-refractivity contribution in [2.24, 2.45) is 0 Å². The molecule has 0 aliphatic carbocycles. The lowest BCUT2D eigenvalue weighted by atomic mass is 9.96. The van der Waals surface area contributed by atoms with Gasteiger partial charge in [0.05, 0.1) is 30.2 Å². The number of aromatic nitrogens is 1. The van der Waals surface area contributed by atoms with Crippen molar-refractivity contribution >= 4 is 23.2 Å². The summed E-state index contributed by atoms with van der Waals surface area (Å²) >= 11 is 1.48. The lowest BCUT2D eigenvalue weighted by molar-refractivity contribution is -0.127. The largest absolute Gasteiger partial charge is 0.349 e. The van der Waals surface area contributed by atoms with Crippen LogP contribution in [0.3, 0.4) is 0 Å². The molecule has 0 aliphatic heterocycles. The second kappa shape index (κ2) is 8.29. The number of hydrogen-bond donors (Lipinski definition) is 2. The molecule has 0 saturated carbocycles. The van der Waals surface area contributed by atoms with Crippen LogP contribution in [0.15, 0.2) is 41.2 Å². The van der Waals surface area contributed by atoms with E-state index in [0.717, 1.165) is 11.3 Å². The predicted molar refractivity (Wildman–Crippen MR) is 86.4 cm³/mol. The van der Waals surface area contributed by atoms with E-state index in [4.69, 9.17) is 0 Å². The van der Waals surface area contributed by atoms with Crippen LogP contribution in [0.4, 0.5) is 0 Å². The molecule has 1 heterocycles. The highest BCUT2D eigenvalue weighted by Gasteiger charge is 2.18. The standard InChI is InChI=1S/C16H19N3O2S/c1-2-14(12-6-4-3-5-7-12)16(21)18-9-15(20)17-8-13-10-22-11-19-13/h3-7,10-11,14H,2,8-9H2,1H3,(H,17,20)(H,18,21)/t14-/m1/s1. The SMILES string of the molecule is CC[C@@H](C(=O)NCC(=O)NCc1cscn1)c1ccccc1. The minimum atomic E-state index is -0.229. The molecule has 6 heteroatoms. The Hall–Kier alpha value is -2.21. The Kier molecular flexibility index (Phi) is 6.09. The van der Waals surface area contributed by atoms with Crippen LogP contribution in [0.25, 0.3) is 0 Å². The molecule has 2 amide bonds. The van der Waals surface area contributed by atoms with Crippen LogP contribution in [0, 0.1) is 0 Å². The van der Waals surface area contributed by atoms with Gasteiger partial charge in [-0.1, -0.05) is 37.3 Å². The molecule has 0 radical (unpaired) electrons. The van der Waals surface area contributed by atoms with Crippen molar-refractivity contribution in [3.8, 4) is 0 Å². The van der Waals surface area contributed by atoms with Gasteiger partial charge >= 0.3 is 0 Å². The van der Waals surface area contributed by atoms with E-state index in [1.807, 2.05) is 42.6 Å². The molecule has 1 aromatic carbocycles. The van der Waals surface area contributed by atoms with Gasteiger partial charge in [0, 0.05) is 5.38 Å². The average Bonchev–Trinajstić information content (AvgIpc) is 3.06. The second-order valence-electron chi connectivity index (χ2n) is 4.85. The van der Waals surface area contributed by atoms with E-state index in [-0.39, 0.29) is 24.3 Å². The van der Waals surface area contributed by atoms with Gasteiger partial charge in [0.25, 0.3) is 0 Å². The highest BCUT2D eigenvalue weighted by molar-refractivity contribution is 7.07. The number of benzene rings is 1. The van der Waals surface area contributed by atoms with Crippen molar-refractivity contribution in [1.29, 1.82) is 0 Å². The minimum Gasteiger partial charge on any atom is -0.349 e. The number of rotatable bonds is 7. The summed E-state index contributed by atoms with van der Waals surface area (Å²) in [6.07, 6.45) is 0.691. The van der Waals surface area contributed by atoms with Crippen molar-refractivity contribution < 1.29 is 9.59 Å². The van der Waals surface area contributed by atoms with E-state index >= 15 is 0 Å². The van der Waals surface area contributed by atoms with Gasteiger partial charge in [-0.3, -0.25) is 9.59 Å². The first-order valence-corrected chi connectivity index (χ1v) is 8.11. The zero-order valence-electron chi connectivity index (χ0n) is 12.4. The Labute approximate surface area is 133 Å². The number of nitrogens with one attached hydrogen (secondary N) is 2. The van der Waals surface area contributed by atoms with Gasteiger partial charge in [-0.15, -0.1) is 11.3 Å². The summed E-state index contributed by atoms with van der Waals surface area (Å²) in [5, 5.41) is 7.30. The molecule has 0 unspecified atom stereocenters. The van der Waals surface area contributed by atoms with Crippen LogP contribution in [-0.4, -0.2) is 23.3 Å². The van der Waals surface area contributed by atoms with Gasteiger partial charge < -0.3 is 10.6 Å². The van der Waals surface area contributed by atoms with E-state index in [1.165, 1.54) is 11.3 Å². The number of amides is 2. The van der Waals surface area contributed by atoms with Crippen LogP contribution in [-0.2, 0) is 16.1 Å². The molecule has 0 aliphatic rings. The van der Waals surface area contributed by atoms with Crippen LogP contribution >= 0.6 is 11.3 Å². The maximum Gasteiger partial charge on any atom is 0.239 e. The first kappa shape index (κ1) is 16.2. The lowest BCUT2D eigenvalue weighted by Gasteiger charge is -2.15. The third-order valence-electron chi connectivity index (χ3n) is 3.30. The topological polar surface area (TPSA) is 71.1 Å². The van der Waals surface area contributed by atoms with Gasteiger partial charge in [-0.05, 0) is 12.0 Å². The monoisotopic (exact) mass is 317 g/mol. The van der Waals surface area contributed by atoms with Crippen LogP contribution in [0.1, 0.15) is 30.5 Å². The first-order chi connectivity index (χ1) is 10.7. The van der Waals surface area contributed by atoms with Crippen molar-refractivity contribution in [3.05, 3.63) is 52.5 Å². The summed E-state index contributed by atoms with van der Waals surface area (Å²) < 4.78 is 0. The van der Waals surface area contributed by atoms with Crippen LogP contribution < -0.4 is 10.6 Å². The molecule has 116 valence electrons. The molecule has 2 rings (SSSR count). The Morgan fingerprint density at radius 3 is 2.64 bits per heavy atom. The third kappa shape index (κ3) is 4.66. The van der Waals surface area contributed by atoms with E-state index < -0.39 is 0 Å². The molecule has 5 nitrogen and oxygen atoms in total. The van der Waals surface area contributed by atoms with Crippen molar-refractivity contribution in [2.45, 2.75) is 25.8 Å². The maximum atomic E-state index is 12.2. The number of nitrogens with zero attached hydrogens (tertiary/aromatic N) is 1. The maximum absolute atomic E-state index is 12.2. The summed E-state index contributed by atoms with van der Waals surface area (Å²) in [5.41, 5.74) is 3.50. The quantitative estimate of drug-likeness (QED) is 0.821. The Morgan fingerprint density at radius 1 is 1.23 bits per heavy atom. The summed E-state index contributed by atoms with van der Waals surface area (Å²) in [7, 11) is 0. The van der Waals surface area contributed by atoms with E-state index in [1.54, 1.807) is 5.51 Å². The third-order valence-corrected chi connectivity index (χ3v) is 3.94. The van der Waals surface area contributed by atoms with Gasteiger partial charge in [-0.25, -0.2) is 4.98 Å².